The molecule has 8 heteroatoms. The molecule has 0 aromatic rings. The topological polar surface area (TPSA) is 98.8 Å². The van der Waals surface area contributed by atoms with Crippen LogP contribution in [-0.2, 0) is 19.2 Å². The second-order valence-electron chi connectivity index (χ2n) is 18.6. The molecule has 2 aliphatic heterocycles. The molecule has 352 valence electrons. The van der Waals surface area contributed by atoms with Crippen molar-refractivity contribution in [2.45, 2.75) is 239 Å². The third kappa shape index (κ3) is 28.2. The molecular formula is C53H96N4O4. The van der Waals surface area contributed by atoms with Crippen LogP contribution >= 0.6 is 0 Å². The number of nitrogens with zero attached hydrogens (tertiary/aromatic N) is 2. The Hall–Kier alpha value is -2.32. The minimum Gasteiger partial charge on any atom is -0.317 e. The molecule has 2 atom stereocenters. The number of imide groups is 2. The summed E-state index contributed by atoms with van der Waals surface area (Å²) in [4.78, 5) is 53.8. The van der Waals surface area contributed by atoms with Crippen LogP contribution < -0.4 is 10.6 Å². The summed E-state index contributed by atoms with van der Waals surface area (Å²) in [6, 6.07) is 0. The zero-order valence-corrected chi connectivity index (χ0v) is 40.0. The van der Waals surface area contributed by atoms with Crippen molar-refractivity contribution in [3.63, 3.8) is 0 Å². The Balaban J connectivity index is 1.36. The van der Waals surface area contributed by atoms with Gasteiger partial charge in [-0.1, -0.05) is 192 Å². The largest absolute Gasteiger partial charge is 0.317 e. The zero-order valence-electron chi connectivity index (χ0n) is 40.0. The SMILES string of the molecule is CCCCCCCCCCCCCCC/C=C/CC1CC(=O)N(CCCNCCCNCCCN2C(=O)CC(C/C=C/CCCCCCCCCCCCCCC)C2=O)C1=O. The van der Waals surface area contributed by atoms with Gasteiger partial charge in [-0.05, 0) is 84.0 Å². The van der Waals surface area contributed by atoms with Gasteiger partial charge in [0.05, 0.1) is 11.8 Å². The van der Waals surface area contributed by atoms with Crippen molar-refractivity contribution in [2.75, 3.05) is 39.3 Å². The van der Waals surface area contributed by atoms with Crippen molar-refractivity contribution < 1.29 is 19.2 Å². The number of carbonyl (C=O) groups excluding carboxylic acids is 4. The van der Waals surface area contributed by atoms with E-state index in [9.17, 15) is 19.2 Å². The minimum atomic E-state index is -0.191. The van der Waals surface area contributed by atoms with E-state index in [0.717, 1.165) is 58.3 Å². The fourth-order valence-electron chi connectivity index (χ4n) is 8.97. The third-order valence-corrected chi connectivity index (χ3v) is 13.0. The summed E-state index contributed by atoms with van der Waals surface area (Å²) in [6.45, 7) is 8.81. The van der Waals surface area contributed by atoms with Crippen molar-refractivity contribution in [3.05, 3.63) is 24.3 Å². The van der Waals surface area contributed by atoms with E-state index in [4.69, 9.17) is 0 Å². The van der Waals surface area contributed by atoms with Gasteiger partial charge in [0.2, 0.25) is 23.6 Å². The monoisotopic (exact) mass is 853 g/mol. The molecule has 0 aromatic heterocycles. The van der Waals surface area contributed by atoms with Crippen molar-refractivity contribution >= 4 is 23.6 Å². The number of carbonyl (C=O) groups is 4. The summed E-state index contributed by atoms with van der Waals surface area (Å²) >= 11 is 0. The Labute approximate surface area is 376 Å². The van der Waals surface area contributed by atoms with Crippen LogP contribution in [0, 0.1) is 11.8 Å². The quantitative estimate of drug-likeness (QED) is 0.0360. The first-order valence-corrected chi connectivity index (χ1v) is 26.4. The fourth-order valence-corrected chi connectivity index (χ4v) is 8.97. The number of hydrogen-bond donors (Lipinski definition) is 2. The number of hydrogen-bond acceptors (Lipinski definition) is 6. The van der Waals surface area contributed by atoms with Gasteiger partial charge in [-0.2, -0.15) is 0 Å². The van der Waals surface area contributed by atoms with Crippen LogP contribution in [0.25, 0.3) is 0 Å². The maximum Gasteiger partial charge on any atom is 0.233 e. The maximum atomic E-state index is 12.9. The lowest BCUT2D eigenvalue weighted by Gasteiger charge is -2.15. The molecule has 0 spiro atoms. The summed E-state index contributed by atoms with van der Waals surface area (Å²) in [6.07, 6.45) is 50.8. The lowest BCUT2D eigenvalue weighted by Crippen LogP contribution is -2.34. The Kier molecular flexibility index (Phi) is 35.3. The van der Waals surface area contributed by atoms with Gasteiger partial charge in [0.25, 0.3) is 0 Å². The summed E-state index contributed by atoms with van der Waals surface area (Å²) in [5.41, 5.74) is 0. The van der Waals surface area contributed by atoms with Crippen molar-refractivity contribution in [3.8, 4) is 0 Å². The van der Waals surface area contributed by atoms with Gasteiger partial charge in [0, 0.05) is 25.9 Å². The average molecular weight is 853 g/mol. The van der Waals surface area contributed by atoms with E-state index in [0.29, 0.717) is 38.8 Å². The molecule has 2 N–H and O–H groups in total. The van der Waals surface area contributed by atoms with Gasteiger partial charge in [0.1, 0.15) is 0 Å². The smallest absolute Gasteiger partial charge is 0.233 e. The molecule has 8 nitrogen and oxygen atoms in total. The van der Waals surface area contributed by atoms with Crippen LogP contribution in [0.15, 0.2) is 24.3 Å². The molecule has 2 unspecified atom stereocenters. The first kappa shape index (κ1) is 54.8. The highest BCUT2D eigenvalue weighted by Crippen LogP contribution is 2.25. The second-order valence-corrected chi connectivity index (χ2v) is 18.6. The first-order chi connectivity index (χ1) is 30.0. The van der Waals surface area contributed by atoms with Gasteiger partial charge in [-0.3, -0.25) is 29.0 Å². The normalized spacial score (nSPS) is 17.2. The van der Waals surface area contributed by atoms with Gasteiger partial charge in [-0.15, -0.1) is 0 Å². The summed E-state index contributed by atoms with van der Waals surface area (Å²) in [7, 11) is 0. The Bertz CT molecular complexity index is 1080. The third-order valence-electron chi connectivity index (χ3n) is 13.0. The van der Waals surface area contributed by atoms with E-state index in [2.05, 4.69) is 48.8 Å². The maximum absolute atomic E-state index is 12.9. The second kappa shape index (κ2) is 39.3. The average Bonchev–Trinajstić information content (AvgIpc) is 3.69. The van der Waals surface area contributed by atoms with E-state index >= 15 is 0 Å². The van der Waals surface area contributed by atoms with E-state index in [1.165, 1.54) is 177 Å². The standard InChI is InChI=1S/C53H96N4O4/c1-3-5-7-9-11-13-15-17-19-21-23-25-27-29-31-33-38-48-46-50(58)56(52(48)60)44-36-42-54-40-35-41-55-43-37-45-57-51(59)47-49(53(57)61)39-34-32-30-28-26-24-22-20-18-16-14-12-10-8-6-4-2/h31-34,48-49,54-55H,3-30,35-47H2,1-2H3/b33-31+,34-32+. The number of allylic oxidation sites excluding steroid dienone is 4. The number of unbranched alkanes of at least 4 members (excludes halogenated alkanes) is 26. The molecule has 0 saturated carbocycles. The fraction of sp³-hybridized carbons (Fsp3) is 0.849. The summed E-state index contributed by atoms with van der Waals surface area (Å²) in [5, 5.41) is 6.87. The molecule has 61 heavy (non-hydrogen) atoms. The molecule has 0 bridgehead atoms. The number of likely N-dealkylation sites (tertiary alicyclic amines) is 2. The Morgan fingerprint density at radius 2 is 0.689 bits per heavy atom. The predicted molar refractivity (Wildman–Crippen MR) is 257 cm³/mol. The van der Waals surface area contributed by atoms with Gasteiger partial charge >= 0.3 is 0 Å². The number of rotatable bonds is 44. The molecule has 0 aliphatic carbocycles. The van der Waals surface area contributed by atoms with Gasteiger partial charge < -0.3 is 10.6 Å². The van der Waals surface area contributed by atoms with Crippen LogP contribution in [0.1, 0.15) is 239 Å². The first-order valence-electron chi connectivity index (χ1n) is 26.4. The van der Waals surface area contributed by atoms with Gasteiger partial charge in [-0.25, -0.2) is 0 Å². The van der Waals surface area contributed by atoms with Crippen LogP contribution in [-0.4, -0.2) is 72.7 Å². The van der Waals surface area contributed by atoms with Crippen molar-refractivity contribution in [2.24, 2.45) is 11.8 Å². The van der Waals surface area contributed by atoms with E-state index in [-0.39, 0.29) is 35.5 Å². The molecule has 2 fully saturated rings. The highest BCUT2D eigenvalue weighted by molar-refractivity contribution is 6.04. The zero-order chi connectivity index (χ0) is 43.9. The van der Waals surface area contributed by atoms with Crippen molar-refractivity contribution in [1.82, 2.24) is 20.4 Å². The summed E-state index contributed by atoms with van der Waals surface area (Å²) in [5.74, 6) is -0.431. The lowest BCUT2D eigenvalue weighted by molar-refractivity contribution is -0.140. The molecule has 4 amide bonds. The van der Waals surface area contributed by atoms with Gasteiger partial charge in [0.15, 0.2) is 0 Å². The molecule has 2 heterocycles. The molecule has 0 aromatic carbocycles. The highest BCUT2D eigenvalue weighted by atomic mass is 16.2. The lowest BCUT2D eigenvalue weighted by atomic mass is 10.0. The van der Waals surface area contributed by atoms with Crippen LogP contribution in [0.5, 0.6) is 0 Å². The van der Waals surface area contributed by atoms with Crippen LogP contribution in [0.2, 0.25) is 0 Å². The van der Waals surface area contributed by atoms with Crippen LogP contribution in [0.3, 0.4) is 0 Å². The van der Waals surface area contributed by atoms with Crippen molar-refractivity contribution in [1.29, 1.82) is 0 Å². The predicted octanol–water partition coefficient (Wildman–Crippen LogP) is 12.9. The van der Waals surface area contributed by atoms with E-state index < -0.39 is 0 Å². The highest BCUT2D eigenvalue weighted by Gasteiger charge is 2.38. The molecular weight excluding hydrogens is 757 g/mol. The van der Waals surface area contributed by atoms with Crippen LogP contribution in [0.4, 0.5) is 0 Å². The number of amides is 4. The van der Waals surface area contributed by atoms with E-state index in [1.807, 2.05) is 0 Å². The Morgan fingerprint density at radius 1 is 0.393 bits per heavy atom. The van der Waals surface area contributed by atoms with E-state index in [1.54, 1.807) is 0 Å². The number of nitrogens with one attached hydrogen (secondary N) is 2. The molecule has 2 saturated heterocycles. The molecule has 2 rings (SSSR count). The molecule has 2 aliphatic rings. The molecule has 0 radical (unpaired) electrons. The Morgan fingerprint density at radius 3 is 1.02 bits per heavy atom. The summed E-state index contributed by atoms with van der Waals surface area (Å²) < 4.78 is 0. The minimum absolute atomic E-state index is 0.0000907.